The summed E-state index contributed by atoms with van der Waals surface area (Å²) in [7, 11) is 0. The molecule has 1 aliphatic rings. The standard InChI is InChI=1S/C18H20ClN5/c19-15-5-7-16(8-6-15)23-12-9-22(10-13-23)11-14-24-18-4-2-1-3-17(18)20-21-24/h1-8H,9-14H2. The van der Waals surface area contributed by atoms with Gasteiger partial charge in [-0.3, -0.25) is 4.90 Å². The van der Waals surface area contributed by atoms with Crippen molar-refractivity contribution in [2.75, 3.05) is 37.6 Å². The van der Waals surface area contributed by atoms with Crippen molar-refractivity contribution in [1.82, 2.24) is 19.9 Å². The topological polar surface area (TPSA) is 37.2 Å². The average molecular weight is 342 g/mol. The lowest BCUT2D eigenvalue weighted by Crippen LogP contribution is -2.47. The second-order valence-electron chi connectivity index (χ2n) is 6.11. The molecule has 3 aromatic rings. The molecule has 0 amide bonds. The fraction of sp³-hybridized carbons (Fsp3) is 0.333. The van der Waals surface area contributed by atoms with Gasteiger partial charge in [-0.15, -0.1) is 5.10 Å². The Morgan fingerprint density at radius 3 is 2.42 bits per heavy atom. The third kappa shape index (κ3) is 3.23. The third-order valence-corrected chi connectivity index (χ3v) is 4.86. The molecule has 6 heteroatoms. The van der Waals surface area contributed by atoms with Gasteiger partial charge in [-0.2, -0.15) is 0 Å². The number of anilines is 1. The summed E-state index contributed by atoms with van der Waals surface area (Å²) in [6.45, 7) is 6.09. The summed E-state index contributed by atoms with van der Waals surface area (Å²) in [6.07, 6.45) is 0. The van der Waals surface area contributed by atoms with Crippen LogP contribution in [0.3, 0.4) is 0 Å². The number of hydrogen-bond donors (Lipinski definition) is 0. The molecular weight excluding hydrogens is 322 g/mol. The monoisotopic (exact) mass is 341 g/mol. The summed E-state index contributed by atoms with van der Waals surface area (Å²) in [6, 6.07) is 16.2. The average Bonchev–Trinajstić information content (AvgIpc) is 3.04. The van der Waals surface area contributed by atoms with Crippen LogP contribution in [-0.4, -0.2) is 52.6 Å². The molecule has 0 spiro atoms. The zero-order valence-electron chi connectivity index (χ0n) is 13.5. The SMILES string of the molecule is Clc1ccc(N2CCN(CCn3nnc4ccccc43)CC2)cc1. The van der Waals surface area contributed by atoms with Crippen molar-refractivity contribution >= 4 is 28.3 Å². The molecule has 0 radical (unpaired) electrons. The van der Waals surface area contributed by atoms with Crippen molar-refractivity contribution in [2.45, 2.75) is 6.54 Å². The van der Waals surface area contributed by atoms with E-state index in [0.29, 0.717) is 0 Å². The number of piperazine rings is 1. The molecule has 124 valence electrons. The van der Waals surface area contributed by atoms with E-state index in [1.54, 1.807) is 0 Å². The van der Waals surface area contributed by atoms with Gasteiger partial charge in [0.2, 0.25) is 0 Å². The van der Waals surface area contributed by atoms with Gasteiger partial charge in [0.15, 0.2) is 0 Å². The maximum absolute atomic E-state index is 5.97. The molecule has 5 nitrogen and oxygen atoms in total. The normalized spacial score (nSPS) is 16.0. The van der Waals surface area contributed by atoms with E-state index in [1.165, 1.54) is 5.69 Å². The fourth-order valence-electron chi connectivity index (χ4n) is 3.20. The first-order chi connectivity index (χ1) is 11.8. The first-order valence-corrected chi connectivity index (χ1v) is 8.68. The van der Waals surface area contributed by atoms with Crippen molar-refractivity contribution in [1.29, 1.82) is 0 Å². The molecule has 4 rings (SSSR count). The van der Waals surface area contributed by atoms with Crippen LogP contribution in [0.2, 0.25) is 5.02 Å². The van der Waals surface area contributed by atoms with E-state index >= 15 is 0 Å². The fourth-order valence-corrected chi connectivity index (χ4v) is 3.33. The number of nitrogens with zero attached hydrogens (tertiary/aromatic N) is 5. The minimum Gasteiger partial charge on any atom is -0.369 e. The van der Waals surface area contributed by atoms with Gasteiger partial charge in [0.25, 0.3) is 0 Å². The molecular formula is C18H20ClN5. The Labute approximate surface area is 146 Å². The summed E-state index contributed by atoms with van der Waals surface area (Å²) in [5.74, 6) is 0. The smallest absolute Gasteiger partial charge is 0.113 e. The van der Waals surface area contributed by atoms with Crippen LogP contribution in [0.25, 0.3) is 11.0 Å². The number of aromatic nitrogens is 3. The molecule has 2 heterocycles. The molecule has 1 saturated heterocycles. The summed E-state index contributed by atoms with van der Waals surface area (Å²) < 4.78 is 2.00. The second-order valence-corrected chi connectivity index (χ2v) is 6.54. The van der Waals surface area contributed by atoms with E-state index in [-0.39, 0.29) is 0 Å². The minimum absolute atomic E-state index is 0.789. The van der Waals surface area contributed by atoms with E-state index < -0.39 is 0 Å². The molecule has 0 unspecified atom stereocenters. The number of benzene rings is 2. The molecule has 0 atom stereocenters. The highest BCUT2D eigenvalue weighted by Gasteiger charge is 2.17. The number of fused-ring (bicyclic) bond motifs is 1. The molecule has 2 aromatic carbocycles. The van der Waals surface area contributed by atoms with Crippen LogP contribution in [0.15, 0.2) is 48.5 Å². The van der Waals surface area contributed by atoms with Gasteiger partial charge in [0.05, 0.1) is 12.1 Å². The molecule has 0 aliphatic carbocycles. The first-order valence-electron chi connectivity index (χ1n) is 8.31. The molecule has 0 bridgehead atoms. The van der Waals surface area contributed by atoms with Crippen LogP contribution < -0.4 is 4.90 Å². The Bertz CT molecular complexity index is 806. The van der Waals surface area contributed by atoms with Crippen molar-refractivity contribution in [3.63, 3.8) is 0 Å². The zero-order valence-corrected chi connectivity index (χ0v) is 14.2. The van der Waals surface area contributed by atoms with Crippen molar-refractivity contribution in [3.05, 3.63) is 53.6 Å². The molecule has 1 fully saturated rings. The summed E-state index contributed by atoms with van der Waals surface area (Å²) in [4.78, 5) is 4.90. The van der Waals surface area contributed by atoms with Gasteiger partial charge in [-0.25, -0.2) is 4.68 Å². The Morgan fingerprint density at radius 1 is 0.875 bits per heavy atom. The summed E-state index contributed by atoms with van der Waals surface area (Å²) in [5, 5.41) is 9.27. The Balaban J connectivity index is 1.32. The Morgan fingerprint density at radius 2 is 1.62 bits per heavy atom. The number of hydrogen-bond acceptors (Lipinski definition) is 4. The molecule has 1 aromatic heterocycles. The first kappa shape index (κ1) is 15.4. The van der Waals surface area contributed by atoms with Crippen molar-refractivity contribution in [2.24, 2.45) is 0 Å². The highest BCUT2D eigenvalue weighted by atomic mass is 35.5. The highest BCUT2D eigenvalue weighted by molar-refractivity contribution is 6.30. The quantitative estimate of drug-likeness (QED) is 0.731. The maximum atomic E-state index is 5.97. The van der Waals surface area contributed by atoms with Gasteiger partial charge in [-0.05, 0) is 36.4 Å². The lowest BCUT2D eigenvalue weighted by molar-refractivity contribution is 0.245. The van der Waals surface area contributed by atoms with Gasteiger partial charge in [-0.1, -0.05) is 28.9 Å². The lowest BCUT2D eigenvalue weighted by Gasteiger charge is -2.36. The number of halogens is 1. The number of rotatable bonds is 4. The van der Waals surface area contributed by atoms with Gasteiger partial charge in [0, 0.05) is 43.4 Å². The third-order valence-electron chi connectivity index (χ3n) is 4.61. The predicted octanol–water partition coefficient (Wildman–Crippen LogP) is 2.91. The Hall–Kier alpha value is -2.11. The zero-order chi connectivity index (χ0) is 16.4. The molecule has 0 saturated carbocycles. The maximum Gasteiger partial charge on any atom is 0.113 e. The van der Waals surface area contributed by atoms with E-state index in [4.69, 9.17) is 11.6 Å². The predicted molar refractivity (Wildman–Crippen MR) is 97.6 cm³/mol. The second kappa shape index (κ2) is 6.79. The van der Waals surface area contributed by atoms with E-state index in [0.717, 1.165) is 55.3 Å². The van der Waals surface area contributed by atoms with Crippen LogP contribution in [0.4, 0.5) is 5.69 Å². The highest BCUT2D eigenvalue weighted by Crippen LogP contribution is 2.19. The largest absolute Gasteiger partial charge is 0.369 e. The number of para-hydroxylation sites is 1. The van der Waals surface area contributed by atoms with E-state index in [9.17, 15) is 0 Å². The van der Waals surface area contributed by atoms with Crippen molar-refractivity contribution in [3.8, 4) is 0 Å². The Kier molecular flexibility index (Phi) is 4.36. The molecule has 24 heavy (non-hydrogen) atoms. The van der Waals surface area contributed by atoms with Crippen LogP contribution in [-0.2, 0) is 6.54 Å². The van der Waals surface area contributed by atoms with Gasteiger partial charge >= 0.3 is 0 Å². The van der Waals surface area contributed by atoms with E-state index in [2.05, 4.69) is 38.3 Å². The molecule has 0 N–H and O–H groups in total. The summed E-state index contributed by atoms with van der Waals surface area (Å²) >= 11 is 5.97. The summed E-state index contributed by atoms with van der Waals surface area (Å²) in [5.41, 5.74) is 3.32. The van der Waals surface area contributed by atoms with Gasteiger partial charge in [0.1, 0.15) is 5.52 Å². The molecule has 1 aliphatic heterocycles. The lowest BCUT2D eigenvalue weighted by atomic mass is 10.2. The minimum atomic E-state index is 0.789. The van der Waals surface area contributed by atoms with Crippen molar-refractivity contribution < 1.29 is 0 Å². The van der Waals surface area contributed by atoms with Gasteiger partial charge < -0.3 is 4.90 Å². The van der Waals surface area contributed by atoms with Crippen LogP contribution >= 0.6 is 11.6 Å². The van der Waals surface area contributed by atoms with Crippen LogP contribution in [0, 0.1) is 0 Å². The van der Waals surface area contributed by atoms with E-state index in [1.807, 2.05) is 35.0 Å². The van der Waals surface area contributed by atoms with Crippen LogP contribution in [0.5, 0.6) is 0 Å². The van der Waals surface area contributed by atoms with Crippen LogP contribution in [0.1, 0.15) is 0 Å².